The maximum atomic E-state index is 13.7. The molecule has 4 aliphatic rings. The van der Waals surface area contributed by atoms with Crippen molar-refractivity contribution in [3.8, 4) is 6.07 Å². The summed E-state index contributed by atoms with van der Waals surface area (Å²) in [4.78, 5) is 63.0. The van der Waals surface area contributed by atoms with E-state index in [1.54, 1.807) is 45.2 Å². The number of aromatic nitrogens is 1. The number of alkyl halides is 3. The Morgan fingerprint density at radius 2 is 1.75 bits per heavy atom. The number of carbonyl (C=O) groups is 4. The summed E-state index contributed by atoms with van der Waals surface area (Å²) in [6.07, 6.45) is 0.529. The van der Waals surface area contributed by atoms with E-state index in [1.165, 1.54) is 11.0 Å². The molecule has 4 fully saturated rings. The van der Waals surface area contributed by atoms with Gasteiger partial charge in [0.2, 0.25) is 23.6 Å². The van der Waals surface area contributed by atoms with Crippen LogP contribution in [0.15, 0.2) is 36.5 Å². The number of ether oxygens (including phenoxy) is 1. The van der Waals surface area contributed by atoms with Crippen LogP contribution in [-0.2, 0) is 35.5 Å². The second kappa shape index (κ2) is 16.6. The third-order valence-corrected chi connectivity index (χ3v) is 12.6. The molecule has 1 aromatic carbocycles. The molecule has 2 aromatic rings. The Kier molecular flexibility index (Phi) is 12.4. The number of halogens is 3. The molecular formula is C40H51F3N8O5S. The number of amides is 4. The lowest BCUT2D eigenvalue weighted by Gasteiger charge is -2.44. The van der Waals surface area contributed by atoms with Crippen molar-refractivity contribution in [1.82, 2.24) is 25.0 Å². The maximum Gasteiger partial charge on any atom is 0.417 e. The molecule has 57 heavy (non-hydrogen) atoms. The predicted octanol–water partition coefficient (Wildman–Crippen LogP) is 4.67. The fourth-order valence-electron chi connectivity index (χ4n) is 8.85. The molecule has 1 saturated carbocycles. The number of piperidine rings is 1. The van der Waals surface area contributed by atoms with E-state index in [4.69, 9.17) is 17.4 Å². The first kappa shape index (κ1) is 42.5. The quantitative estimate of drug-likeness (QED) is 0.228. The molecule has 0 spiro atoms. The number of nitrogens with one attached hydrogen (secondary N) is 2. The number of nitrogens with zero attached hydrogens (tertiary/aromatic N) is 6. The van der Waals surface area contributed by atoms with Gasteiger partial charge in [0, 0.05) is 56.1 Å². The molecule has 3 saturated heterocycles. The normalized spacial score (nSPS) is 28.9. The first-order valence-corrected chi connectivity index (χ1v) is 20.0. The number of carbonyl (C=O) groups excluding carboxylic acids is 4. The topological polar surface area (TPSA) is 151 Å². The van der Waals surface area contributed by atoms with Crippen LogP contribution in [-0.4, -0.2) is 111 Å². The SMILES string of the molecule is C[C@@H]1CN(CCOC2CCC(N3C(S)N(c4ccc(C#N)c(C(F)(F)F)c4)C(=O)C3(C)C)CC2)C[C@H](C)N1CC(=O)Nc1ccc([C@@]2(C)CCC(=O)NC2=O)cn1. The minimum atomic E-state index is -4.75. The van der Waals surface area contributed by atoms with Crippen LogP contribution < -0.4 is 15.5 Å². The number of nitriles is 1. The van der Waals surface area contributed by atoms with E-state index in [9.17, 15) is 37.6 Å². The smallest absolute Gasteiger partial charge is 0.377 e. The van der Waals surface area contributed by atoms with Crippen molar-refractivity contribution in [1.29, 1.82) is 5.26 Å². The van der Waals surface area contributed by atoms with E-state index in [1.807, 2.05) is 4.90 Å². The minimum absolute atomic E-state index is 0.0276. The van der Waals surface area contributed by atoms with Crippen LogP contribution in [0.2, 0.25) is 0 Å². The molecule has 4 amide bonds. The molecule has 4 atom stereocenters. The van der Waals surface area contributed by atoms with Crippen molar-refractivity contribution in [2.24, 2.45) is 0 Å². The van der Waals surface area contributed by atoms with Gasteiger partial charge in [-0.15, -0.1) is 12.6 Å². The van der Waals surface area contributed by atoms with Crippen LogP contribution in [0.4, 0.5) is 24.7 Å². The molecule has 17 heteroatoms. The number of imide groups is 1. The first-order valence-electron chi connectivity index (χ1n) is 19.5. The summed E-state index contributed by atoms with van der Waals surface area (Å²) in [5.74, 6) is -0.780. The van der Waals surface area contributed by atoms with Crippen LogP contribution in [0.3, 0.4) is 0 Å². The molecule has 2 N–H and O–H groups in total. The number of thiol groups is 1. The number of piperazine rings is 1. The van der Waals surface area contributed by atoms with Gasteiger partial charge in [-0.2, -0.15) is 18.4 Å². The lowest BCUT2D eigenvalue weighted by Crippen LogP contribution is -2.58. The van der Waals surface area contributed by atoms with Crippen molar-refractivity contribution in [2.45, 2.75) is 120 Å². The standard InChI is InChI=1S/C40H51F3N8O5S/c1-24-21-48(22-25(2)49(24)23-34(53)46-32-13-7-27(20-45-32)39(5)15-14-33(52)47-35(39)54)16-17-56-30-11-9-28(10-12-30)51-37(57)50(36(55)38(51,3)4)29-8-6-26(19-44)31(18-29)40(41,42)43/h6-8,13,18,20,24-25,28,30,37,57H,9-12,14-17,21-23H2,1-5H3,(H,45,46,53)(H,47,52,54)/t24-,25+,28?,30?,37?,39-/m1/s1. The van der Waals surface area contributed by atoms with Gasteiger partial charge in [0.05, 0.1) is 47.4 Å². The number of hydrogen-bond donors (Lipinski definition) is 3. The molecule has 0 radical (unpaired) electrons. The summed E-state index contributed by atoms with van der Waals surface area (Å²) in [7, 11) is 0. The van der Waals surface area contributed by atoms with E-state index in [2.05, 4.69) is 39.3 Å². The van der Waals surface area contributed by atoms with E-state index in [0.29, 0.717) is 24.4 Å². The molecule has 1 unspecified atom stereocenters. The summed E-state index contributed by atoms with van der Waals surface area (Å²) in [6, 6.07) is 8.54. The molecule has 1 aromatic heterocycles. The van der Waals surface area contributed by atoms with Gasteiger partial charge in [-0.05, 0) is 96.6 Å². The van der Waals surface area contributed by atoms with Gasteiger partial charge in [0.25, 0.3) is 0 Å². The van der Waals surface area contributed by atoms with Crippen molar-refractivity contribution >= 4 is 47.8 Å². The Labute approximate surface area is 336 Å². The highest BCUT2D eigenvalue weighted by molar-refractivity contribution is 7.81. The van der Waals surface area contributed by atoms with Gasteiger partial charge in [0.1, 0.15) is 11.3 Å². The Morgan fingerprint density at radius 1 is 1.07 bits per heavy atom. The van der Waals surface area contributed by atoms with E-state index < -0.39 is 33.8 Å². The van der Waals surface area contributed by atoms with E-state index >= 15 is 0 Å². The third-order valence-electron chi connectivity index (χ3n) is 12.2. The van der Waals surface area contributed by atoms with Crippen LogP contribution in [0.5, 0.6) is 0 Å². The molecule has 13 nitrogen and oxygen atoms in total. The highest BCUT2D eigenvalue weighted by Gasteiger charge is 2.54. The summed E-state index contributed by atoms with van der Waals surface area (Å²) in [5, 5.41) is 14.5. The summed E-state index contributed by atoms with van der Waals surface area (Å²) >= 11 is 4.76. The van der Waals surface area contributed by atoms with Gasteiger partial charge in [0.15, 0.2) is 0 Å². The van der Waals surface area contributed by atoms with Crippen LogP contribution in [0.25, 0.3) is 0 Å². The highest BCUT2D eigenvalue weighted by atomic mass is 32.1. The average Bonchev–Trinajstić information content (AvgIpc) is 3.33. The van der Waals surface area contributed by atoms with Gasteiger partial charge in [-0.1, -0.05) is 6.07 Å². The fraction of sp³-hybridized carbons (Fsp3) is 0.600. The molecule has 6 rings (SSSR count). The largest absolute Gasteiger partial charge is 0.417 e. The van der Waals surface area contributed by atoms with Crippen LogP contribution in [0.1, 0.15) is 89.8 Å². The second-order valence-electron chi connectivity index (χ2n) is 16.4. The van der Waals surface area contributed by atoms with Gasteiger partial charge in [-0.25, -0.2) is 4.98 Å². The van der Waals surface area contributed by atoms with Crippen molar-refractivity contribution < 1.29 is 37.1 Å². The number of benzene rings is 1. The van der Waals surface area contributed by atoms with Crippen LogP contribution in [0, 0.1) is 11.3 Å². The van der Waals surface area contributed by atoms with Crippen molar-refractivity contribution in [3.05, 3.63) is 53.2 Å². The Hall–Kier alpha value is -4.08. The van der Waals surface area contributed by atoms with Crippen molar-refractivity contribution in [2.75, 3.05) is 43.0 Å². The Morgan fingerprint density at radius 3 is 2.35 bits per heavy atom. The summed E-state index contributed by atoms with van der Waals surface area (Å²) in [6.45, 7) is 12.5. The molecule has 0 bridgehead atoms. The van der Waals surface area contributed by atoms with E-state index in [0.717, 1.165) is 57.5 Å². The van der Waals surface area contributed by atoms with Crippen LogP contribution >= 0.6 is 12.6 Å². The zero-order chi connectivity index (χ0) is 41.4. The zero-order valence-corrected chi connectivity index (χ0v) is 33.8. The average molecular weight is 813 g/mol. The van der Waals surface area contributed by atoms with Gasteiger partial charge >= 0.3 is 6.18 Å². The zero-order valence-electron chi connectivity index (χ0n) is 32.9. The number of pyridine rings is 1. The maximum absolute atomic E-state index is 13.7. The fourth-order valence-corrected chi connectivity index (χ4v) is 9.57. The van der Waals surface area contributed by atoms with Gasteiger partial charge < -0.3 is 10.1 Å². The third kappa shape index (κ3) is 8.85. The predicted molar refractivity (Wildman–Crippen MR) is 209 cm³/mol. The second-order valence-corrected chi connectivity index (χ2v) is 16.9. The van der Waals surface area contributed by atoms with Crippen molar-refractivity contribution in [3.63, 3.8) is 0 Å². The molecular weight excluding hydrogens is 762 g/mol. The molecule has 4 heterocycles. The first-order chi connectivity index (χ1) is 26.8. The number of rotatable bonds is 10. The lowest BCUT2D eigenvalue weighted by atomic mass is 9.76. The van der Waals surface area contributed by atoms with E-state index in [-0.39, 0.29) is 66.5 Å². The Bertz CT molecular complexity index is 1890. The summed E-state index contributed by atoms with van der Waals surface area (Å²) < 4.78 is 47.6. The monoisotopic (exact) mass is 812 g/mol. The lowest BCUT2D eigenvalue weighted by molar-refractivity contribution is -0.138. The minimum Gasteiger partial charge on any atom is -0.377 e. The summed E-state index contributed by atoms with van der Waals surface area (Å²) in [5.41, 5.74) is -3.50. The molecule has 308 valence electrons. The highest BCUT2D eigenvalue weighted by Crippen LogP contribution is 2.43. The van der Waals surface area contributed by atoms with Gasteiger partial charge in [-0.3, -0.25) is 44.1 Å². The molecule has 1 aliphatic carbocycles. The number of hydrogen-bond acceptors (Lipinski definition) is 11. The molecule has 3 aliphatic heterocycles. The number of anilines is 2. The Balaban J connectivity index is 0.945.